The normalized spacial score (nSPS) is 12.3. The molecule has 0 aromatic heterocycles. The number of carbonyl (C=O) groups is 1. The van der Waals surface area contributed by atoms with E-state index in [-0.39, 0.29) is 17.8 Å². The molecule has 0 aliphatic rings. The number of hydrogen-bond donors (Lipinski definition) is 3. The van der Waals surface area contributed by atoms with E-state index < -0.39 is 23.2 Å². The Bertz CT molecular complexity index is 484. The van der Waals surface area contributed by atoms with Crippen molar-refractivity contribution < 1.29 is 23.1 Å². The molecule has 7 heteroatoms. The van der Waals surface area contributed by atoms with Crippen LogP contribution in [0, 0.1) is 0 Å². The van der Waals surface area contributed by atoms with Gasteiger partial charge >= 0.3 is 12.3 Å². The van der Waals surface area contributed by atoms with Gasteiger partial charge in [-0.2, -0.15) is 13.2 Å². The van der Waals surface area contributed by atoms with E-state index >= 15 is 0 Å². The number of nitrogen functional groups attached to an aromatic ring is 1. The molecule has 0 spiro atoms. The topological polar surface area (TPSA) is 75.3 Å². The Hall–Kier alpha value is -1.92. The van der Waals surface area contributed by atoms with Gasteiger partial charge in [-0.15, -0.1) is 0 Å². The molecule has 0 heterocycles. The number of rotatable bonds is 3. The molecule has 0 unspecified atom stereocenters. The quantitative estimate of drug-likeness (QED) is 0.743. The predicted octanol–water partition coefficient (Wildman–Crippen LogP) is 2.83. The molecule has 106 valence electrons. The third kappa shape index (κ3) is 3.77. The van der Waals surface area contributed by atoms with Gasteiger partial charge in [0.15, 0.2) is 0 Å². The number of halogens is 3. The minimum Gasteiger partial charge on any atom is -0.465 e. The van der Waals surface area contributed by atoms with E-state index in [2.05, 4.69) is 5.32 Å². The number of amides is 1. The van der Waals surface area contributed by atoms with Crippen LogP contribution in [-0.4, -0.2) is 17.7 Å². The van der Waals surface area contributed by atoms with Crippen molar-refractivity contribution in [2.75, 3.05) is 12.3 Å². The van der Waals surface area contributed by atoms with Crippen LogP contribution in [-0.2, 0) is 11.6 Å². The van der Waals surface area contributed by atoms with Gasteiger partial charge in [-0.25, -0.2) is 4.79 Å². The van der Waals surface area contributed by atoms with E-state index in [0.717, 1.165) is 6.07 Å². The summed E-state index contributed by atoms with van der Waals surface area (Å²) in [5.41, 5.74) is 3.55. The second-order valence-electron chi connectivity index (χ2n) is 4.85. The zero-order valence-electron chi connectivity index (χ0n) is 10.5. The highest BCUT2D eigenvalue weighted by Gasteiger charge is 2.37. The van der Waals surface area contributed by atoms with Crippen molar-refractivity contribution in [3.63, 3.8) is 0 Å². The molecule has 4 nitrogen and oxygen atoms in total. The van der Waals surface area contributed by atoms with Crippen LogP contribution in [0.4, 0.5) is 23.7 Å². The van der Waals surface area contributed by atoms with Crippen LogP contribution in [0.25, 0.3) is 0 Å². The summed E-state index contributed by atoms with van der Waals surface area (Å²) in [6.45, 7) is 2.93. The zero-order valence-corrected chi connectivity index (χ0v) is 10.5. The highest BCUT2D eigenvalue weighted by molar-refractivity contribution is 5.64. The average Bonchev–Trinajstić information content (AvgIpc) is 2.25. The zero-order chi connectivity index (χ0) is 14.8. The van der Waals surface area contributed by atoms with E-state index in [1.165, 1.54) is 26.0 Å². The van der Waals surface area contributed by atoms with Crippen LogP contribution in [0.15, 0.2) is 18.2 Å². The highest BCUT2D eigenvalue weighted by atomic mass is 19.4. The summed E-state index contributed by atoms with van der Waals surface area (Å²) in [6, 6.07) is 3.51. The minimum absolute atomic E-state index is 0.00273. The number of hydrogen-bond acceptors (Lipinski definition) is 2. The van der Waals surface area contributed by atoms with Crippen molar-refractivity contribution in [2.24, 2.45) is 0 Å². The molecular weight excluding hydrogens is 261 g/mol. The maximum Gasteiger partial charge on any atom is 0.416 e. The summed E-state index contributed by atoms with van der Waals surface area (Å²) in [6.07, 6.45) is -5.82. The van der Waals surface area contributed by atoms with E-state index in [9.17, 15) is 18.0 Å². The maximum atomic E-state index is 13.0. The Kier molecular flexibility index (Phi) is 3.97. The van der Waals surface area contributed by atoms with Gasteiger partial charge < -0.3 is 16.2 Å². The lowest BCUT2D eigenvalue weighted by atomic mass is 9.81. The smallest absolute Gasteiger partial charge is 0.416 e. The first-order chi connectivity index (χ1) is 8.54. The molecule has 0 fully saturated rings. The van der Waals surface area contributed by atoms with Gasteiger partial charge in [0.2, 0.25) is 0 Å². The second-order valence-corrected chi connectivity index (χ2v) is 4.85. The van der Waals surface area contributed by atoms with Crippen molar-refractivity contribution >= 4 is 11.8 Å². The maximum absolute atomic E-state index is 13.0. The van der Waals surface area contributed by atoms with Crippen molar-refractivity contribution in [1.82, 2.24) is 5.32 Å². The van der Waals surface area contributed by atoms with Crippen molar-refractivity contribution in [2.45, 2.75) is 25.4 Å². The van der Waals surface area contributed by atoms with Crippen molar-refractivity contribution in [1.29, 1.82) is 0 Å². The number of nitrogens with two attached hydrogens (primary N) is 1. The molecule has 1 rings (SSSR count). The number of anilines is 1. The predicted molar refractivity (Wildman–Crippen MR) is 64.9 cm³/mol. The Morgan fingerprint density at radius 3 is 2.37 bits per heavy atom. The summed E-state index contributed by atoms with van der Waals surface area (Å²) in [5.74, 6) is 0. The van der Waals surface area contributed by atoms with Crippen LogP contribution in [0.3, 0.4) is 0 Å². The van der Waals surface area contributed by atoms with Crippen molar-refractivity contribution in [3.8, 4) is 0 Å². The summed E-state index contributed by atoms with van der Waals surface area (Å²) in [7, 11) is 0. The Morgan fingerprint density at radius 1 is 1.32 bits per heavy atom. The number of nitrogens with one attached hydrogen (secondary N) is 1. The molecule has 0 radical (unpaired) electrons. The lowest BCUT2D eigenvalue weighted by molar-refractivity contribution is -0.138. The molecule has 4 N–H and O–H groups in total. The second kappa shape index (κ2) is 4.99. The molecule has 0 aliphatic heterocycles. The van der Waals surface area contributed by atoms with Crippen LogP contribution in [0.2, 0.25) is 0 Å². The Labute approximate surface area is 108 Å². The lowest BCUT2D eigenvalue weighted by Gasteiger charge is -2.28. The Morgan fingerprint density at radius 2 is 1.89 bits per heavy atom. The first-order valence-electron chi connectivity index (χ1n) is 5.48. The van der Waals surface area contributed by atoms with Crippen LogP contribution < -0.4 is 11.1 Å². The fourth-order valence-electron chi connectivity index (χ4n) is 1.78. The molecule has 19 heavy (non-hydrogen) atoms. The van der Waals surface area contributed by atoms with E-state index in [1.54, 1.807) is 0 Å². The summed E-state index contributed by atoms with van der Waals surface area (Å²) < 4.78 is 38.9. The molecule has 0 atom stereocenters. The Balaban J connectivity index is 3.22. The molecule has 0 saturated carbocycles. The van der Waals surface area contributed by atoms with Gasteiger partial charge in [-0.3, -0.25) is 0 Å². The highest BCUT2D eigenvalue weighted by Crippen LogP contribution is 2.38. The van der Waals surface area contributed by atoms with Gasteiger partial charge in [0.25, 0.3) is 0 Å². The average molecular weight is 276 g/mol. The lowest BCUT2D eigenvalue weighted by Crippen LogP contribution is -2.37. The van der Waals surface area contributed by atoms with E-state index in [4.69, 9.17) is 10.8 Å². The van der Waals surface area contributed by atoms with Gasteiger partial charge in [-0.1, -0.05) is 19.9 Å². The van der Waals surface area contributed by atoms with E-state index in [1.807, 2.05) is 0 Å². The van der Waals surface area contributed by atoms with Gasteiger partial charge in [0.1, 0.15) is 0 Å². The summed E-state index contributed by atoms with van der Waals surface area (Å²) in [5, 5.41) is 10.6. The fraction of sp³-hybridized carbons (Fsp3) is 0.417. The SMILES string of the molecule is CC(C)(CNC(=O)O)c1ccc(N)cc1C(F)(F)F. The standard InChI is InChI=1S/C12H15F3N2O2/c1-11(2,6-17-10(18)19)8-4-3-7(16)5-9(8)12(13,14)15/h3-5,17H,6,16H2,1-2H3,(H,18,19). The fourth-order valence-corrected chi connectivity index (χ4v) is 1.78. The number of carboxylic acid groups (broad SMARTS) is 1. The molecule has 1 aromatic carbocycles. The third-order valence-corrected chi connectivity index (χ3v) is 2.76. The van der Waals surface area contributed by atoms with Gasteiger partial charge in [0.05, 0.1) is 5.56 Å². The molecule has 0 aliphatic carbocycles. The molecule has 0 saturated heterocycles. The monoisotopic (exact) mass is 276 g/mol. The molecular formula is C12H15F3N2O2. The van der Waals surface area contributed by atoms with Crippen LogP contribution >= 0.6 is 0 Å². The van der Waals surface area contributed by atoms with Gasteiger partial charge in [-0.05, 0) is 17.7 Å². The molecule has 0 bridgehead atoms. The first kappa shape index (κ1) is 15.1. The third-order valence-electron chi connectivity index (χ3n) is 2.76. The summed E-state index contributed by atoms with van der Waals surface area (Å²) in [4.78, 5) is 10.5. The largest absolute Gasteiger partial charge is 0.465 e. The van der Waals surface area contributed by atoms with Crippen molar-refractivity contribution in [3.05, 3.63) is 29.3 Å². The molecule has 1 amide bonds. The van der Waals surface area contributed by atoms with E-state index in [0.29, 0.717) is 0 Å². The molecule has 1 aromatic rings. The number of alkyl halides is 3. The van der Waals surface area contributed by atoms with Crippen LogP contribution in [0.1, 0.15) is 25.0 Å². The minimum atomic E-state index is -4.54. The number of benzene rings is 1. The first-order valence-corrected chi connectivity index (χ1v) is 5.48. The van der Waals surface area contributed by atoms with Gasteiger partial charge in [0, 0.05) is 17.6 Å². The summed E-state index contributed by atoms with van der Waals surface area (Å²) >= 11 is 0. The van der Waals surface area contributed by atoms with Crippen LogP contribution in [0.5, 0.6) is 0 Å².